The molecule has 1 N–H and O–H groups in total. The van der Waals surface area contributed by atoms with Crippen molar-refractivity contribution in [2.45, 2.75) is 26.8 Å². The Morgan fingerprint density at radius 1 is 1.32 bits per heavy atom. The molecular formula is C16H25NO2. The van der Waals surface area contributed by atoms with Crippen LogP contribution >= 0.6 is 0 Å². The number of benzene rings is 1. The van der Waals surface area contributed by atoms with Crippen LogP contribution in [-0.4, -0.2) is 26.4 Å². The lowest BCUT2D eigenvalue weighted by molar-refractivity contribution is 0.158. The summed E-state index contributed by atoms with van der Waals surface area (Å²) in [6, 6.07) is 8.20. The number of nitrogens with one attached hydrogen (secondary N) is 1. The lowest BCUT2D eigenvalue weighted by Gasteiger charge is -2.08. The second kappa shape index (κ2) is 9.59. The second-order valence-electron chi connectivity index (χ2n) is 4.68. The molecule has 0 aromatic heterocycles. The van der Waals surface area contributed by atoms with Crippen LogP contribution in [0.1, 0.15) is 25.8 Å². The van der Waals surface area contributed by atoms with Gasteiger partial charge in [-0.1, -0.05) is 31.2 Å². The van der Waals surface area contributed by atoms with Crippen molar-refractivity contribution in [2.75, 3.05) is 26.4 Å². The van der Waals surface area contributed by atoms with Gasteiger partial charge in [-0.2, -0.15) is 0 Å². The third-order valence-electron chi connectivity index (χ3n) is 2.47. The molecule has 1 aromatic rings. The van der Waals surface area contributed by atoms with E-state index in [9.17, 15) is 0 Å². The van der Waals surface area contributed by atoms with Crippen LogP contribution in [-0.2, 0) is 11.3 Å². The Balaban J connectivity index is 2.19. The largest absolute Gasteiger partial charge is 0.494 e. The van der Waals surface area contributed by atoms with Crippen molar-refractivity contribution in [3.8, 4) is 5.75 Å². The minimum atomic E-state index is 0.641. The molecule has 0 atom stereocenters. The van der Waals surface area contributed by atoms with E-state index in [2.05, 4.69) is 31.0 Å². The molecule has 0 aliphatic rings. The average Bonchev–Trinajstić information content (AvgIpc) is 2.40. The first-order valence-electron chi connectivity index (χ1n) is 6.87. The molecule has 0 spiro atoms. The Kier molecular flexibility index (Phi) is 7.94. The third kappa shape index (κ3) is 7.65. The van der Waals surface area contributed by atoms with Gasteiger partial charge in [-0.3, -0.25) is 0 Å². The monoisotopic (exact) mass is 263 g/mol. The molecule has 0 aliphatic carbocycles. The highest BCUT2D eigenvalue weighted by atomic mass is 16.5. The van der Waals surface area contributed by atoms with E-state index in [0.29, 0.717) is 13.2 Å². The number of hydrogen-bond donors (Lipinski definition) is 1. The van der Waals surface area contributed by atoms with Gasteiger partial charge in [0.15, 0.2) is 0 Å². The molecule has 19 heavy (non-hydrogen) atoms. The van der Waals surface area contributed by atoms with Gasteiger partial charge in [0.1, 0.15) is 5.75 Å². The van der Waals surface area contributed by atoms with Gasteiger partial charge in [-0.15, -0.1) is 0 Å². The minimum Gasteiger partial charge on any atom is -0.494 e. The fraction of sp³-hybridized carbons (Fsp3) is 0.500. The van der Waals surface area contributed by atoms with Crippen LogP contribution in [0, 0.1) is 0 Å². The van der Waals surface area contributed by atoms with Gasteiger partial charge in [-0.05, 0) is 31.0 Å². The van der Waals surface area contributed by atoms with Crippen LogP contribution in [0.3, 0.4) is 0 Å². The molecule has 0 heterocycles. The third-order valence-corrected chi connectivity index (χ3v) is 2.47. The first kappa shape index (κ1) is 15.7. The first-order valence-corrected chi connectivity index (χ1v) is 6.87. The van der Waals surface area contributed by atoms with Crippen LogP contribution in [0.5, 0.6) is 5.75 Å². The highest BCUT2D eigenvalue weighted by Crippen LogP contribution is 2.13. The molecule has 3 nitrogen and oxygen atoms in total. The van der Waals surface area contributed by atoms with E-state index in [4.69, 9.17) is 9.47 Å². The first-order chi connectivity index (χ1) is 9.22. The van der Waals surface area contributed by atoms with Gasteiger partial charge in [0.25, 0.3) is 0 Å². The van der Waals surface area contributed by atoms with Gasteiger partial charge in [0.05, 0.1) is 19.8 Å². The van der Waals surface area contributed by atoms with E-state index in [1.54, 1.807) is 0 Å². The van der Waals surface area contributed by atoms with E-state index in [0.717, 1.165) is 37.4 Å². The summed E-state index contributed by atoms with van der Waals surface area (Å²) in [5.41, 5.74) is 2.29. The number of rotatable bonds is 10. The molecule has 0 aliphatic heterocycles. The number of ether oxygens (including phenoxy) is 2. The van der Waals surface area contributed by atoms with E-state index in [1.165, 1.54) is 5.56 Å². The van der Waals surface area contributed by atoms with E-state index in [-0.39, 0.29) is 0 Å². The van der Waals surface area contributed by atoms with Crippen molar-refractivity contribution in [3.63, 3.8) is 0 Å². The molecule has 0 fully saturated rings. The van der Waals surface area contributed by atoms with Crippen molar-refractivity contribution < 1.29 is 9.47 Å². The quantitative estimate of drug-likeness (QED) is 0.519. The predicted molar refractivity (Wildman–Crippen MR) is 79.6 cm³/mol. The molecule has 0 saturated heterocycles. The Labute approximate surface area is 116 Å². The zero-order valence-corrected chi connectivity index (χ0v) is 12.1. The summed E-state index contributed by atoms with van der Waals surface area (Å²) < 4.78 is 11.0. The SMILES string of the molecule is C=C(C)COCCNCc1cccc(OCCC)c1. The Morgan fingerprint density at radius 2 is 2.16 bits per heavy atom. The van der Waals surface area contributed by atoms with Crippen LogP contribution in [0.25, 0.3) is 0 Å². The molecule has 0 saturated carbocycles. The molecule has 0 radical (unpaired) electrons. The maximum atomic E-state index is 5.60. The fourth-order valence-corrected chi connectivity index (χ4v) is 1.59. The smallest absolute Gasteiger partial charge is 0.119 e. The summed E-state index contributed by atoms with van der Waals surface area (Å²) in [6.45, 7) is 11.7. The minimum absolute atomic E-state index is 0.641. The van der Waals surface area contributed by atoms with Crippen LogP contribution < -0.4 is 10.1 Å². The van der Waals surface area contributed by atoms with Crippen molar-refractivity contribution >= 4 is 0 Å². The summed E-state index contributed by atoms with van der Waals surface area (Å²) in [4.78, 5) is 0. The maximum absolute atomic E-state index is 5.60. The van der Waals surface area contributed by atoms with E-state index < -0.39 is 0 Å². The van der Waals surface area contributed by atoms with Crippen molar-refractivity contribution in [1.29, 1.82) is 0 Å². The van der Waals surface area contributed by atoms with E-state index >= 15 is 0 Å². The van der Waals surface area contributed by atoms with Gasteiger partial charge in [0, 0.05) is 13.1 Å². The normalized spacial score (nSPS) is 10.4. The lowest BCUT2D eigenvalue weighted by Crippen LogP contribution is -2.19. The number of hydrogen-bond acceptors (Lipinski definition) is 3. The van der Waals surface area contributed by atoms with Gasteiger partial charge >= 0.3 is 0 Å². The van der Waals surface area contributed by atoms with Crippen LogP contribution in [0.4, 0.5) is 0 Å². The molecule has 0 unspecified atom stereocenters. The topological polar surface area (TPSA) is 30.5 Å². The Bertz CT molecular complexity index is 377. The van der Waals surface area contributed by atoms with Gasteiger partial charge < -0.3 is 14.8 Å². The molecule has 0 bridgehead atoms. The summed E-state index contributed by atoms with van der Waals surface area (Å²) >= 11 is 0. The molecule has 106 valence electrons. The predicted octanol–water partition coefficient (Wildman–Crippen LogP) is 3.16. The zero-order valence-electron chi connectivity index (χ0n) is 12.1. The molecule has 0 amide bonds. The van der Waals surface area contributed by atoms with Crippen molar-refractivity contribution in [3.05, 3.63) is 42.0 Å². The zero-order chi connectivity index (χ0) is 13.9. The Hall–Kier alpha value is -1.32. The van der Waals surface area contributed by atoms with Gasteiger partial charge in [-0.25, -0.2) is 0 Å². The Morgan fingerprint density at radius 3 is 2.89 bits per heavy atom. The summed E-state index contributed by atoms with van der Waals surface area (Å²) in [7, 11) is 0. The average molecular weight is 263 g/mol. The standard InChI is InChI=1S/C16H25NO2/c1-4-9-19-16-7-5-6-15(11-16)12-17-8-10-18-13-14(2)3/h5-7,11,17H,2,4,8-10,12-13H2,1,3H3. The molecule has 3 heteroatoms. The van der Waals surface area contributed by atoms with Gasteiger partial charge in [0.2, 0.25) is 0 Å². The fourth-order valence-electron chi connectivity index (χ4n) is 1.59. The maximum Gasteiger partial charge on any atom is 0.119 e. The highest BCUT2D eigenvalue weighted by Gasteiger charge is 1.97. The van der Waals surface area contributed by atoms with E-state index in [1.807, 2.05) is 19.1 Å². The molecule has 1 rings (SSSR count). The second-order valence-corrected chi connectivity index (χ2v) is 4.68. The van der Waals surface area contributed by atoms with Crippen LogP contribution in [0.2, 0.25) is 0 Å². The summed E-state index contributed by atoms with van der Waals surface area (Å²) in [5.74, 6) is 0.944. The van der Waals surface area contributed by atoms with Crippen molar-refractivity contribution in [2.24, 2.45) is 0 Å². The van der Waals surface area contributed by atoms with Crippen LogP contribution in [0.15, 0.2) is 36.4 Å². The summed E-state index contributed by atoms with van der Waals surface area (Å²) in [6.07, 6.45) is 1.03. The summed E-state index contributed by atoms with van der Waals surface area (Å²) in [5, 5.41) is 3.35. The van der Waals surface area contributed by atoms with Crippen molar-refractivity contribution in [1.82, 2.24) is 5.32 Å². The lowest BCUT2D eigenvalue weighted by atomic mass is 10.2. The highest BCUT2D eigenvalue weighted by molar-refractivity contribution is 5.28. The molecular weight excluding hydrogens is 238 g/mol. The molecule has 1 aromatic carbocycles.